The molecule has 3 aromatic carbocycles. The van der Waals surface area contributed by atoms with Crippen LogP contribution < -0.4 is 5.73 Å². The molecule has 1 heterocycles. The molecule has 1 aromatic heterocycles. The molecule has 0 aliphatic heterocycles. The summed E-state index contributed by atoms with van der Waals surface area (Å²) < 4.78 is 30.3. The Morgan fingerprint density at radius 2 is 1.86 bits per heavy atom. The molecule has 4 rings (SSSR count). The van der Waals surface area contributed by atoms with Gasteiger partial charge in [0.15, 0.2) is 0 Å². The first kappa shape index (κ1) is 17.8. The molecule has 0 unspecified atom stereocenters. The summed E-state index contributed by atoms with van der Waals surface area (Å²) in [6.45, 7) is 1.90. The molecule has 0 bridgehead atoms. The molecule has 2 N–H and O–H groups in total. The lowest BCUT2D eigenvalue weighted by molar-refractivity contribution is 0.621. The van der Waals surface area contributed by atoms with Crippen molar-refractivity contribution < 1.29 is 8.78 Å². The number of nitriles is 1. The fraction of sp³-hybridized carbons (Fsp3) is 0.0909. The Bertz CT molecular complexity index is 1240. The summed E-state index contributed by atoms with van der Waals surface area (Å²) in [5.74, 6) is -1.21. The molecule has 0 amide bonds. The normalized spacial score (nSPS) is 12.1. The fourth-order valence-electron chi connectivity index (χ4n) is 3.25. The van der Waals surface area contributed by atoms with Gasteiger partial charge in [-0.2, -0.15) is 5.26 Å². The van der Waals surface area contributed by atoms with Gasteiger partial charge in [-0.25, -0.2) is 13.8 Å². The zero-order valence-electron chi connectivity index (χ0n) is 15.0. The molecule has 0 aliphatic rings. The molecule has 0 saturated heterocycles. The second-order valence-electron chi connectivity index (χ2n) is 6.59. The van der Waals surface area contributed by atoms with Crippen molar-refractivity contribution in [1.29, 1.82) is 5.26 Å². The van der Waals surface area contributed by atoms with Crippen LogP contribution in [-0.2, 0) is 0 Å². The lowest BCUT2D eigenvalue weighted by Gasteiger charge is -2.11. The Hall–Kier alpha value is -3.56. The predicted octanol–water partition coefficient (Wildman–Crippen LogP) is 4.86. The third kappa shape index (κ3) is 2.92. The van der Waals surface area contributed by atoms with Gasteiger partial charge >= 0.3 is 0 Å². The Balaban J connectivity index is 1.88. The third-order valence-electron chi connectivity index (χ3n) is 4.74. The number of rotatable bonds is 3. The van der Waals surface area contributed by atoms with E-state index in [4.69, 9.17) is 5.73 Å². The van der Waals surface area contributed by atoms with Crippen molar-refractivity contribution >= 4 is 11.0 Å². The van der Waals surface area contributed by atoms with Gasteiger partial charge in [0.05, 0.1) is 16.6 Å². The van der Waals surface area contributed by atoms with E-state index in [2.05, 4.69) is 4.98 Å². The molecule has 0 fully saturated rings. The van der Waals surface area contributed by atoms with Crippen molar-refractivity contribution in [2.45, 2.75) is 13.0 Å². The van der Waals surface area contributed by atoms with Crippen LogP contribution in [0.15, 0.2) is 60.9 Å². The second-order valence-corrected chi connectivity index (χ2v) is 6.59. The molecule has 1 atom stereocenters. The molecule has 0 aliphatic carbocycles. The van der Waals surface area contributed by atoms with E-state index in [-0.39, 0.29) is 22.7 Å². The minimum atomic E-state index is -0.679. The van der Waals surface area contributed by atoms with Crippen LogP contribution in [0.2, 0.25) is 0 Å². The van der Waals surface area contributed by atoms with Crippen LogP contribution in [0.1, 0.15) is 24.1 Å². The molecule has 0 saturated carbocycles. The number of fused-ring (bicyclic) bond motifs is 1. The van der Waals surface area contributed by atoms with Crippen molar-refractivity contribution in [2.75, 3.05) is 0 Å². The Morgan fingerprint density at radius 1 is 1.04 bits per heavy atom. The monoisotopic (exact) mass is 374 g/mol. The highest BCUT2D eigenvalue weighted by Gasteiger charge is 2.15. The number of hydrogen-bond acceptors (Lipinski definition) is 3. The summed E-state index contributed by atoms with van der Waals surface area (Å²) >= 11 is 0. The van der Waals surface area contributed by atoms with Crippen molar-refractivity contribution in [3.8, 4) is 22.9 Å². The van der Waals surface area contributed by atoms with Crippen LogP contribution in [0.25, 0.3) is 27.8 Å². The van der Waals surface area contributed by atoms with Crippen LogP contribution in [-0.4, -0.2) is 9.55 Å². The van der Waals surface area contributed by atoms with Crippen molar-refractivity contribution in [1.82, 2.24) is 9.55 Å². The number of hydrogen-bond donors (Lipinski definition) is 1. The van der Waals surface area contributed by atoms with Crippen molar-refractivity contribution in [3.05, 3.63) is 83.7 Å². The summed E-state index contributed by atoms with van der Waals surface area (Å²) in [6, 6.07) is 16.1. The first-order valence-corrected chi connectivity index (χ1v) is 8.71. The van der Waals surface area contributed by atoms with Crippen molar-refractivity contribution in [2.24, 2.45) is 5.73 Å². The summed E-state index contributed by atoms with van der Waals surface area (Å²) in [5, 5.41) is 9.28. The van der Waals surface area contributed by atoms with Gasteiger partial charge in [-0.05, 0) is 48.9 Å². The van der Waals surface area contributed by atoms with Gasteiger partial charge in [-0.3, -0.25) is 4.57 Å². The van der Waals surface area contributed by atoms with Gasteiger partial charge in [-0.1, -0.05) is 18.2 Å². The van der Waals surface area contributed by atoms with Gasteiger partial charge < -0.3 is 5.73 Å². The summed E-state index contributed by atoms with van der Waals surface area (Å²) in [7, 11) is 0. The maximum atomic E-state index is 14.5. The molecule has 4 aromatic rings. The zero-order chi connectivity index (χ0) is 19.8. The first-order chi connectivity index (χ1) is 13.5. The maximum absolute atomic E-state index is 14.5. The van der Waals surface area contributed by atoms with Gasteiger partial charge in [0, 0.05) is 22.9 Å². The highest BCUT2D eigenvalue weighted by Crippen LogP contribution is 2.31. The van der Waals surface area contributed by atoms with E-state index in [1.165, 1.54) is 24.3 Å². The summed E-state index contributed by atoms with van der Waals surface area (Å²) in [4.78, 5) is 4.41. The van der Waals surface area contributed by atoms with E-state index in [0.717, 1.165) is 16.6 Å². The zero-order valence-corrected chi connectivity index (χ0v) is 15.0. The second kappa shape index (κ2) is 6.87. The lowest BCUT2D eigenvalue weighted by atomic mass is 9.99. The first-order valence-electron chi connectivity index (χ1n) is 8.71. The largest absolute Gasteiger partial charge is 0.324 e. The highest BCUT2D eigenvalue weighted by atomic mass is 19.1. The third-order valence-corrected chi connectivity index (χ3v) is 4.74. The SMILES string of the molecule is C[C@H](N)c1ccc2c(c1)ncn2-c1ccc(F)c(-c2cccc(F)c2C#N)c1. The minimum Gasteiger partial charge on any atom is -0.324 e. The van der Waals surface area contributed by atoms with Gasteiger partial charge in [0.1, 0.15) is 24.0 Å². The maximum Gasteiger partial charge on any atom is 0.141 e. The quantitative estimate of drug-likeness (QED) is 0.557. The molecule has 4 nitrogen and oxygen atoms in total. The van der Waals surface area contributed by atoms with Crippen LogP contribution >= 0.6 is 0 Å². The number of nitrogens with zero attached hydrogens (tertiary/aromatic N) is 3. The smallest absolute Gasteiger partial charge is 0.141 e. The van der Waals surface area contributed by atoms with E-state index in [9.17, 15) is 14.0 Å². The van der Waals surface area contributed by atoms with E-state index in [1.54, 1.807) is 18.5 Å². The molecular formula is C22H16F2N4. The molecule has 28 heavy (non-hydrogen) atoms. The predicted molar refractivity (Wildman–Crippen MR) is 104 cm³/mol. The molecule has 0 radical (unpaired) electrons. The van der Waals surface area contributed by atoms with E-state index >= 15 is 0 Å². The summed E-state index contributed by atoms with van der Waals surface area (Å²) in [5.41, 5.74) is 9.34. The summed E-state index contributed by atoms with van der Waals surface area (Å²) in [6.07, 6.45) is 1.64. The van der Waals surface area contributed by atoms with E-state index in [1.807, 2.05) is 35.8 Å². The molecule has 6 heteroatoms. The molecule has 0 spiro atoms. The Kier molecular flexibility index (Phi) is 4.38. The molecular weight excluding hydrogens is 358 g/mol. The Morgan fingerprint density at radius 3 is 2.61 bits per heavy atom. The number of aromatic nitrogens is 2. The van der Waals surface area contributed by atoms with Crippen molar-refractivity contribution in [3.63, 3.8) is 0 Å². The average molecular weight is 374 g/mol. The number of benzene rings is 3. The minimum absolute atomic E-state index is 0.107. The number of nitrogens with two attached hydrogens (primary N) is 1. The van der Waals surface area contributed by atoms with Gasteiger partial charge in [-0.15, -0.1) is 0 Å². The average Bonchev–Trinajstić information content (AvgIpc) is 3.11. The van der Waals surface area contributed by atoms with E-state index in [0.29, 0.717) is 5.69 Å². The van der Waals surface area contributed by atoms with Crippen LogP contribution in [0.3, 0.4) is 0 Å². The van der Waals surface area contributed by atoms with Crippen LogP contribution in [0, 0.1) is 23.0 Å². The van der Waals surface area contributed by atoms with Gasteiger partial charge in [0.25, 0.3) is 0 Å². The van der Waals surface area contributed by atoms with Gasteiger partial charge in [0.2, 0.25) is 0 Å². The fourth-order valence-corrected chi connectivity index (χ4v) is 3.25. The molecule has 138 valence electrons. The topological polar surface area (TPSA) is 67.6 Å². The standard InChI is InChI=1S/C22H16F2N4/c1-13(26)14-5-8-22-21(9-14)27-12-28(22)15-6-7-20(24)17(10-15)16-3-2-4-19(23)18(16)11-25/h2-10,12-13H,26H2,1H3/t13-/m0/s1. The van der Waals surface area contributed by atoms with Crippen LogP contribution in [0.4, 0.5) is 8.78 Å². The van der Waals surface area contributed by atoms with Crippen LogP contribution in [0.5, 0.6) is 0 Å². The van der Waals surface area contributed by atoms with E-state index < -0.39 is 11.6 Å². The Labute approximate surface area is 160 Å². The highest BCUT2D eigenvalue weighted by molar-refractivity contribution is 5.79. The number of halogens is 2. The number of imidazole rings is 1. The lowest BCUT2D eigenvalue weighted by Crippen LogP contribution is -2.04.